The Morgan fingerprint density at radius 1 is 0.833 bits per heavy atom. The first-order valence-corrected chi connectivity index (χ1v) is 15.8. The van der Waals surface area contributed by atoms with Gasteiger partial charge in [0, 0.05) is 0 Å². The summed E-state index contributed by atoms with van der Waals surface area (Å²) in [7, 11) is -1.44. The molecule has 3 aliphatic rings. The van der Waals surface area contributed by atoms with Crippen molar-refractivity contribution in [2.24, 2.45) is 0 Å². The van der Waals surface area contributed by atoms with E-state index in [2.05, 4.69) is 39.1 Å². The second kappa shape index (κ2) is 9.53. The van der Waals surface area contributed by atoms with Gasteiger partial charge in [-0.15, -0.1) is 0 Å². The molecule has 2 aliphatic carbocycles. The molecule has 4 bridgehead atoms. The van der Waals surface area contributed by atoms with Crippen LogP contribution < -0.4 is 24.8 Å². The van der Waals surface area contributed by atoms with Gasteiger partial charge in [0.05, 0.1) is 0 Å². The third-order valence-corrected chi connectivity index (χ3v) is 15.1. The Bertz CT molecular complexity index is 547. The van der Waals surface area contributed by atoms with Crippen LogP contribution in [0.3, 0.4) is 0 Å². The van der Waals surface area contributed by atoms with Crippen molar-refractivity contribution >= 4 is 8.07 Å². The maximum atomic E-state index is 2.67. The number of hydrogen-bond donors (Lipinski definition) is 0. The second-order valence-corrected chi connectivity index (χ2v) is 17.1. The van der Waals surface area contributed by atoms with Crippen molar-refractivity contribution in [2.75, 3.05) is 0 Å². The first-order chi connectivity index (χ1) is 10.6. The molecule has 0 spiro atoms. The topological polar surface area (TPSA) is 0 Å². The van der Waals surface area contributed by atoms with Crippen molar-refractivity contribution in [3.63, 3.8) is 0 Å². The normalized spacial score (nSPS) is 20.2. The molecule has 0 amide bonds. The van der Waals surface area contributed by atoms with E-state index in [0.717, 1.165) is 0 Å². The summed E-state index contributed by atoms with van der Waals surface area (Å²) in [5.41, 5.74) is 3.75. The molecule has 0 unspecified atom stereocenters. The predicted molar refractivity (Wildman–Crippen MR) is 96.0 cm³/mol. The van der Waals surface area contributed by atoms with Gasteiger partial charge in [0.2, 0.25) is 0 Å². The Labute approximate surface area is 173 Å². The minimum atomic E-state index is -1.44. The van der Waals surface area contributed by atoms with E-state index >= 15 is 0 Å². The molecule has 0 aromatic rings. The van der Waals surface area contributed by atoms with E-state index < -0.39 is 31.0 Å². The molecular formula is C20H30Cl2HfSi. The van der Waals surface area contributed by atoms with Crippen molar-refractivity contribution in [2.45, 2.75) is 78.3 Å². The van der Waals surface area contributed by atoms with E-state index in [4.69, 9.17) is 0 Å². The van der Waals surface area contributed by atoms with Gasteiger partial charge in [-0.2, -0.15) is 0 Å². The van der Waals surface area contributed by atoms with Crippen molar-refractivity contribution < 1.29 is 47.7 Å². The summed E-state index contributed by atoms with van der Waals surface area (Å²) < 4.78 is 3.95. The van der Waals surface area contributed by atoms with E-state index in [1.54, 1.807) is 0 Å². The van der Waals surface area contributed by atoms with Crippen LogP contribution in [0.4, 0.5) is 0 Å². The Morgan fingerprint density at radius 2 is 1.25 bits per heavy atom. The molecule has 0 nitrogen and oxygen atoms in total. The minimum Gasteiger partial charge on any atom is -1.00 e. The first-order valence-electron chi connectivity index (χ1n) is 9.22. The zero-order valence-corrected chi connectivity index (χ0v) is 21.7. The van der Waals surface area contributed by atoms with Crippen molar-refractivity contribution in [3.05, 3.63) is 40.4 Å². The number of halogens is 2. The first kappa shape index (κ1) is 22.7. The van der Waals surface area contributed by atoms with Crippen LogP contribution in [-0.2, 0) is 22.9 Å². The molecule has 0 aromatic heterocycles. The minimum absolute atomic E-state index is 0. The molecule has 0 aromatic carbocycles. The zero-order chi connectivity index (χ0) is 15.7. The monoisotopic (exact) mass is 548 g/mol. The van der Waals surface area contributed by atoms with Gasteiger partial charge in [-0.3, -0.25) is 0 Å². The summed E-state index contributed by atoms with van der Waals surface area (Å²) in [5.74, 6) is 0. The molecule has 0 fully saturated rings. The fraction of sp³-hybridized carbons (Fsp3) is 0.600. The number of rotatable bonds is 6. The second-order valence-electron chi connectivity index (χ2n) is 7.52. The summed E-state index contributed by atoms with van der Waals surface area (Å²) in [6.07, 6.45) is 16.2. The van der Waals surface area contributed by atoms with Gasteiger partial charge in [0.1, 0.15) is 0 Å². The number of hydrogen-bond acceptors (Lipinski definition) is 0. The van der Waals surface area contributed by atoms with Crippen LogP contribution in [-0.4, -0.2) is 8.07 Å². The van der Waals surface area contributed by atoms with Gasteiger partial charge >= 0.3 is 150 Å². The Hall–Kier alpha value is 0.627. The number of unbranched alkanes of at least 4 members (excludes halogenated alkanes) is 2. The van der Waals surface area contributed by atoms with Crippen LogP contribution >= 0.6 is 0 Å². The van der Waals surface area contributed by atoms with Crippen LogP contribution in [0.1, 0.15) is 65.2 Å². The van der Waals surface area contributed by atoms with Crippen LogP contribution in [0, 0.1) is 0 Å². The van der Waals surface area contributed by atoms with Crippen molar-refractivity contribution in [1.82, 2.24) is 0 Å². The summed E-state index contributed by atoms with van der Waals surface area (Å²) >= 11 is -0.735. The Balaban J connectivity index is 0.00000144. The van der Waals surface area contributed by atoms with Gasteiger partial charge < -0.3 is 24.8 Å². The Morgan fingerprint density at radius 3 is 1.62 bits per heavy atom. The Kier molecular flexibility index (Phi) is 9.00. The molecule has 0 atom stereocenters. The van der Waals surface area contributed by atoms with Gasteiger partial charge in [-0.25, -0.2) is 0 Å². The zero-order valence-electron chi connectivity index (χ0n) is 15.6. The molecule has 24 heavy (non-hydrogen) atoms. The fourth-order valence-corrected chi connectivity index (χ4v) is 14.5. The smallest absolute Gasteiger partial charge is 1.00 e. The maximum absolute atomic E-state index is 2.67. The summed E-state index contributed by atoms with van der Waals surface area (Å²) in [6, 6.07) is 0. The van der Waals surface area contributed by atoms with Gasteiger partial charge in [0.15, 0.2) is 0 Å². The summed E-state index contributed by atoms with van der Waals surface area (Å²) in [4.78, 5) is 0. The summed E-state index contributed by atoms with van der Waals surface area (Å²) in [6.45, 7) is 9.94. The van der Waals surface area contributed by atoms with Crippen LogP contribution in [0.15, 0.2) is 40.4 Å². The third-order valence-electron chi connectivity index (χ3n) is 5.61. The fourth-order valence-electron chi connectivity index (χ4n) is 4.35. The maximum Gasteiger partial charge on any atom is -1.00 e. The predicted octanol–water partition coefficient (Wildman–Crippen LogP) is 0.426. The molecule has 0 N–H and O–H groups in total. The molecule has 0 saturated heterocycles. The van der Waals surface area contributed by atoms with E-state index in [1.807, 2.05) is 28.2 Å². The quantitative estimate of drug-likeness (QED) is 0.423. The van der Waals surface area contributed by atoms with Crippen LogP contribution in [0.5, 0.6) is 0 Å². The molecule has 4 heteroatoms. The van der Waals surface area contributed by atoms with Gasteiger partial charge in [-0.05, 0) is 0 Å². The van der Waals surface area contributed by atoms with E-state index in [1.165, 1.54) is 51.4 Å². The van der Waals surface area contributed by atoms with Crippen LogP contribution in [0.2, 0.25) is 13.1 Å². The number of allylic oxidation sites excluding steroid dienone is 8. The van der Waals surface area contributed by atoms with Gasteiger partial charge in [0.25, 0.3) is 0 Å². The molecule has 0 radical (unpaired) electrons. The molecule has 1 heterocycles. The molecular weight excluding hydrogens is 518 g/mol. The standard InChI is InChI=1S/C20H30Si.2ClH.Hf/c1-5-7-11-17-13-9-15-19(17)21(3,4)20-16-10-14-18(20)12-8-6-2;;;/h15-16H,5-12H2,1-4H3;2*1H;/q;;;+2/p-2. The van der Waals surface area contributed by atoms with E-state index in [9.17, 15) is 0 Å². The molecule has 0 saturated carbocycles. The van der Waals surface area contributed by atoms with Gasteiger partial charge in [-0.1, -0.05) is 0 Å². The van der Waals surface area contributed by atoms with Crippen molar-refractivity contribution in [3.8, 4) is 0 Å². The van der Waals surface area contributed by atoms with Crippen molar-refractivity contribution in [1.29, 1.82) is 0 Å². The third kappa shape index (κ3) is 4.13. The molecule has 3 rings (SSSR count). The summed E-state index contributed by atoms with van der Waals surface area (Å²) in [5, 5.41) is 3.70. The van der Waals surface area contributed by atoms with E-state index in [0.29, 0.717) is 0 Å². The average molecular weight is 548 g/mol. The largest absolute Gasteiger partial charge is 1.00 e. The van der Waals surface area contributed by atoms with E-state index in [-0.39, 0.29) is 24.8 Å². The average Bonchev–Trinajstić information content (AvgIpc) is 3.09. The number of fused-ring (bicyclic) bond motifs is 2. The SMILES string of the molecule is CCCCC1=[C]2CC=C1[Si](C)(C)C1=CC[C](=C1CCCC)[Hf+2]2.[Cl-].[Cl-]. The van der Waals surface area contributed by atoms with Crippen LogP contribution in [0.25, 0.3) is 0 Å². The molecule has 132 valence electrons. The molecule has 1 aliphatic heterocycles.